The molecule has 88 valence electrons. The lowest BCUT2D eigenvalue weighted by Gasteiger charge is -1.97. The summed E-state index contributed by atoms with van der Waals surface area (Å²) in [6.45, 7) is 0.564. The largest absolute Gasteiger partial charge is 0.384 e. The molecule has 3 aromatic heterocycles. The molecule has 0 aromatic carbocycles. The fraction of sp³-hybridized carbons (Fsp3) is 0.333. The van der Waals surface area contributed by atoms with E-state index in [2.05, 4.69) is 25.0 Å². The number of ether oxygens (including phenoxy) is 1. The Morgan fingerprint density at radius 2 is 2.35 bits per heavy atom. The van der Waals surface area contributed by atoms with Crippen molar-refractivity contribution in [2.75, 3.05) is 13.7 Å². The van der Waals surface area contributed by atoms with Gasteiger partial charge in [-0.15, -0.1) is 0 Å². The molecule has 3 heterocycles. The maximum absolute atomic E-state index is 11.1. The monoisotopic (exact) mass is 234 g/mol. The van der Waals surface area contributed by atoms with Crippen LogP contribution in [0.2, 0.25) is 0 Å². The van der Waals surface area contributed by atoms with E-state index in [1.807, 2.05) is 0 Å². The van der Waals surface area contributed by atoms with Gasteiger partial charge in [-0.1, -0.05) is 0 Å². The quantitative estimate of drug-likeness (QED) is 0.635. The van der Waals surface area contributed by atoms with Gasteiger partial charge in [0.1, 0.15) is 11.3 Å². The van der Waals surface area contributed by atoms with Crippen LogP contribution in [0, 0.1) is 0 Å². The van der Waals surface area contributed by atoms with Crippen LogP contribution in [0.15, 0.2) is 11.0 Å². The van der Waals surface area contributed by atoms with Gasteiger partial charge in [-0.05, 0) is 0 Å². The summed E-state index contributed by atoms with van der Waals surface area (Å²) >= 11 is 0. The Morgan fingerprint density at radius 3 is 3.18 bits per heavy atom. The Balaban J connectivity index is 2.13. The standard InChI is InChI=1S/C9H10N6O2/c1-17-3-2-6-10-4-5-7(11-6)12-8-13-9(16)14-15(5)8/h4H,2-3H2,1H3,(H2,10,11,12,13,14,16). The first-order valence-corrected chi connectivity index (χ1v) is 5.09. The number of aromatic amines is 2. The van der Waals surface area contributed by atoms with Crippen molar-refractivity contribution < 1.29 is 4.74 Å². The molecule has 0 bridgehead atoms. The van der Waals surface area contributed by atoms with Crippen molar-refractivity contribution in [1.82, 2.24) is 29.5 Å². The van der Waals surface area contributed by atoms with Gasteiger partial charge in [0, 0.05) is 13.5 Å². The molecule has 8 nitrogen and oxygen atoms in total. The fourth-order valence-electron chi connectivity index (χ4n) is 1.65. The zero-order valence-corrected chi connectivity index (χ0v) is 9.10. The molecule has 0 radical (unpaired) electrons. The molecule has 0 saturated heterocycles. The molecule has 3 aromatic rings. The summed E-state index contributed by atoms with van der Waals surface area (Å²) < 4.78 is 6.48. The van der Waals surface area contributed by atoms with Gasteiger partial charge in [0.2, 0.25) is 5.78 Å². The number of hydrogen-bond donors (Lipinski definition) is 2. The number of methoxy groups -OCH3 is 1. The Bertz CT molecular complexity index is 724. The van der Waals surface area contributed by atoms with Crippen molar-refractivity contribution in [2.24, 2.45) is 0 Å². The van der Waals surface area contributed by atoms with Gasteiger partial charge < -0.3 is 4.74 Å². The van der Waals surface area contributed by atoms with Crippen molar-refractivity contribution in [3.05, 3.63) is 22.5 Å². The van der Waals surface area contributed by atoms with E-state index < -0.39 is 0 Å². The molecule has 0 saturated carbocycles. The van der Waals surface area contributed by atoms with Crippen molar-refractivity contribution in [1.29, 1.82) is 0 Å². The van der Waals surface area contributed by atoms with Gasteiger partial charge in [0.25, 0.3) is 0 Å². The minimum atomic E-state index is -0.308. The minimum absolute atomic E-state index is 0.308. The Kier molecular flexibility index (Phi) is 2.15. The molecule has 17 heavy (non-hydrogen) atoms. The van der Waals surface area contributed by atoms with Gasteiger partial charge in [-0.3, -0.25) is 4.98 Å². The number of nitrogens with zero attached hydrogens (tertiary/aromatic N) is 4. The first-order chi connectivity index (χ1) is 8.28. The van der Waals surface area contributed by atoms with Gasteiger partial charge in [0.15, 0.2) is 5.65 Å². The summed E-state index contributed by atoms with van der Waals surface area (Å²) in [4.78, 5) is 26.3. The number of imidazole rings is 1. The van der Waals surface area contributed by atoms with Crippen LogP contribution in [0.4, 0.5) is 0 Å². The van der Waals surface area contributed by atoms with Gasteiger partial charge >= 0.3 is 5.69 Å². The summed E-state index contributed by atoms with van der Waals surface area (Å²) in [6, 6.07) is 0. The molecule has 0 atom stereocenters. The Labute approximate surface area is 94.7 Å². The highest BCUT2D eigenvalue weighted by Crippen LogP contribution is 2.10. The van der Waals surface area contributed by atoms with Crippen LogP contribution in [-0.4, -0.2) is 43.3 Å². The van der Waals surface area contributed by atoms with Crippen LogP contribution in [0.25, 0.3) is 16.9 Å². The van der Waals surface area contributed by atoms with E-state index >= 15 is 0 Å². The lowest BCUT2D eigenvalue weighted by Crippen LogP contribution is -2.04. The molecular weight excluding hydrogens is 224 g/mol. The van der Waals surface area contributed by atoms with E-state index in [4.69, 9.17) is 4.74 Å². The molecule has 0 aliphatic heterocycles. The molecule has 2 N–H and O–H groups in total. The average molecular weight is 234 g/mol. The number of rotatable bonds is 3. The van der Waals surface area contributed by atoms with Crippen molar-refractivity contribution in [2.45, 2.75) is 6.42 Å². The van der Waals surface area contributed by atoms with Gasteiger partial charge in [0.05, 0.1) is 12.8 Å². The maximum atomic E-state index is 11.1. The van der Waals surface area contributed by atoms with Gasteiger partial charge in [-0.2, -0.15) is 4.98 Å². The van der Waals surface area contributed by atoms with E-state index in [-0.39, 0.29) is 5.69 Å². The first kappa shape index (κ1) is 9.97. The first-order valence-electron chi connectivity index (χ1n) is 5.09. The minimum Gasteiger partial charge on any atom is -0.384 e. The smallest absolute Gasteiger partial charge is 0.340 e. The van der Waals surface area contributed by atoms with Crippen LogP contribution < -0.4 is 5.69 Å². The number of hydrogen-bond acceptors (Lipinski definition) is 5. The van der Waals surface area contributed by atoms with Crippen molar-refractivity contribution in [3.8, 4) is 0 Å². The lowest BCUT2D eigenvalue weighted by atomic mass is 10.4. The zero-order chi connectivity index (χ0) is 11.8. The summed E-state index contributed by atoms with van der Waals surface area (Å²) in [5, 5.41) is 2.58. The molecular formula is C9H10N6O2. The topological polar surface area (TPSA) is 101 Å². The SMILES string of the molecule is COCCc1ncc2c(n1)nc1[nH]c(=O)[nH]n12. The third kappa shape index (κ3) is 1.58. The molecule has 0 spiro atoms. The van der Waals surface area contributed by atoms with Gasteiger partial charge in [-0.25, -0.2) is 24.4 Å². The highest BCUT2D eigenvalue weighted by molar-refractivity contribution is 5.73. The summed E-state index contributed by atoms with van der Waals surface area (Å²) in [7, 11) is 1.63. The van der Waals surface area contributed by atoms with Crippen LogP contribution in [0.5, 0.6) is 0 Å². The van der Waals surface area contributed by atoms with E-state index in [0.717, 1.165) is 0 Å². The number of fused-ring (bicyclic) bond motifs is 3. The van der Waals surface area contributed by atoms with E-state index in [0.29, 0.717) is 35.8 Å². The Hall–Kier alpha value is -2.22. The molecule has 8 heteroatoms. The highest BCUT2D eigenvalue weighted by Gasteiger charge is 2.09. The average Bonchev–Trinajstić information content (AvgIpc) is 2.81. The normalized spacial score (nSPS) is 11.6. The molecule has 3 rings (SSSR count). The van der Waals surface area contributed by atoms with Crippen molar-refractivity contribution in [3.63, 3.8) is 0 Å². The third-order valence-corrected chi connectivity index (χ3v) is 2.43. The Morgan fingerprint density at radius 1 is 1.47 bits per heavy atom. The van der Waals surface area contributed by atoms with Crippen LogP contribution in [0.1, 0.15) is 5.82 Å². The maximum Gasteiger partial charge on any atom is 0.340 e. The molecule has 0 fully saturated rings. The number of nitrogens with one attached hydrogen (secondary N) is 2. The summed E-state index contributed by atoms with van der Waals surface area (Å²) in [5.41, 5.74) is 0.908. The van der Waals surface area contributed by atoms with Crippen LogP contribution >= 0.6 is 0 Å². The van der Waals surface area contributed by atoms with E-state index in [1.54, 1.807) is 13.3 Å². The van der Waals surface area contributed by atoms with Crippen molar-refractivity contribution >= 4 is 16.9 Å². The highest BCUT2D eigenvalue weighted by atomic mass is 16.5. The summed E-state index contributed by atoms with van der Waals surface area (Å²) in [6.07, 6.45) is 2.27. The predicted molar refractivity (Wildman–Crippen MR) is 58.8 cm³/mol. The second-order valence-corrected chi connectivity index (χ2v) is 3.57. The second-order valence-electron chi connectivity index (χ2n) is 3.57. The predicted octanol–water partition coefficient (Wildman–Crippen LogP) is -0.517. The zero-order valence-electron chi connectivity index (χ0n) is 9.10. The molecule has 0 aliphatic carbocycles. The fourth-order valence-corrected chi connectivity index (χ4v) is 1.65. The van der Waals surface area contributed by atoms with E-state index in [1.165, 1.54) is 4.52 Å². The third-order valence-electron chi connectivity index (χ3n) is 2.43. The second kappa shape index (κ2) is 3.67. The number of H-pyrrole nitrogens is 2. The lowest BCUT2D eigenvalue weighted by molar-refractivity contribution is 0.200. The summed E-state index contributed by atoms with van der Waals surface area (Å²) in [5.74, 6) is 1.10. The van der Waals surface area contributed by atoms with Crippen LogP contribution in [-0.2, 0) is 11.2 Å². The molecule has 0 aliphatic rings. The molecule has 0 amide bonds. The van der Waals surface area contributed by atoms with Crippen LogP contribution in [0.3, 0.4) is 0 Å². The molecule has 0 unspecified atom stereocenters. The number of aromatic nitrogens is 6. The van der Waals surface area contributed by atoms with E-state index in [9.17, 15) is 4.79 Å².